The van der Waals surface area contributed by atoms with E-state index in [-0.39, 0.29) is 0 Å². The van der Waals surface area contributed by atoms with Crippen LogP contribution in [0.3, 0.4) is 0 Å². The number of aromatic amines is 1. The Morgan fingerprint density at radius 2 is 2.05 bits per heavy atom. The van der Waals surface area contributed by atoms with Crippen molar-refractivity contribution in [2.24, 2.45) is 0 Å². The fourth-order valence-electron chi connectivity index (χ4n) is 1.80. The number of carbonyl (C=O) groups excluding carboxylic acids is 1. The van der Waals surface area contributed by atoms with Crippen LogP contribution >= 0.6 is 23.2 Å². The van der Waals surface area contributed by atoms with Crippen molar-refractivity contribution in [3.8, 4) is 0 Å². The fraction of sp³-hybridized carbons (Fsp3) is 0.231. The van der Waals surface area contributed by atoms with Gasteiger partial charge < -0.3 is 15.1 Å². The molecule has 0 amide bonds. The van der Waals surface area contributed by atoms with Gasteiger partial charge in [-0.05, 0) is 31.0 Å². The van der Waals surface area contributed by atoms with E-state index in [1.54, 1.807) is 6.07 Å². The van der Waals surface area contributed by atoms with Crippen LogP contribution in [0.15, 0.2) is 18.2 Å². The molecule has 0 fully saturated rings. The van der Waals surface area contributed by atoms with Gasteiger partial charge in [0.05, 0.1) is 16.7 Å². The zero-order valence-corrected chi connectivity index (χ0v) is 11.5. The molecule has 2 aromatic rings. The fourth-order valence-corrected chi connectivity index (χ4v) is 2.13. The first-order chi connectivity index (χ1) is 9.10. The van der Waals surface area contributed by atoms with Crippen LogP contribution in [0.5, 0.6) is 0 Å². The van der Waals surface area contributed by atoms with Gasteiger partial charge in [0.1, 0.15) is 6.21 Å². The number of benzene rings is 1. The number of halogens is 2. The van der Waals surface area contributed by atoms with Gasteiger partial charge in [0.25, 0.3) is 0 Å². The van der Waals surface area contributed by atoms with Gasteiger partial charge in [0.15, 0.2) is 0 Å². The van der Waals surface area contributed by atoms with E-state index in [4.69, 9.17) is 33.3 Å². The quantitative estimate of drug-likeness (QED) is 0.503. The van der Waals surface area contributed by atoms with E-state index >= 15 is 0 Å². The van der Waals surface area contributed by atoms with Gasteiger partial charge in [-0.15, -0.1) is 0 Å². The van der Waals surface area contributed by atoms with E-state index in [1.807, 2.05) is 12.1 Å². The maximum Gasteiger partial charge on any atom is 0.348 e. The number of esters is 1. The lowest BCUT2D eigenvalue weighted by atomic mass is 10.2. The van der Waals surface area contributed by atoms with Crippen molar-refractivity contribution in [1.82, 2.24) is 4.98 Å². The monoisotopic (exact) mass is 298 g/mol. The summed E-state index contributed by atoms with van der Waals surface area (Å²) in [5, 5.41) is 8.74. The Kier molecular flexibility index (Phi) is 4.45. The summed E-state index contributed by atoms with van der Waals surface area (Å²) < 4.78 is 4.79. The van der Waals surface area contributed by atoms with Crippen LogP contribution in [0.2, 0.25) is 10.0 Å². The van der Waals surface area contributed by atoms with Crippen LogP contribution in [0.25, 0.3) is 10.9 Å². The Balaban J connectivity index is 1.98. The predicted molar refractivity (Wildman–Crippen MR) is 76.4 cm³/mol. The van der Waals surface area contributed by atoms with E-state index in [9.17, 15) is 4.79 Å². The van der Waals surface area contributed by atoms with E-state index in [1.165, 1.54) is 0 Å². The zero-order chi connectivity index (χ0) is 13.8. The van der Waals surface area contributed by atoms with E-state index in [0.717, 1.165) is 23.0 Å². The first-order valence-corrected chi connectivity index (χ1v) is 6.49. The summed E-state index contributed by atoms with van der Waals surface area (Å²) in [5.41, 5.74) is 1.96. The normalized spacial score (nSPS) is 10.6. The molecule has 0 aliphatic carbocycles. The zero-order valence-electron chi connectivity index (χ0n) is 10.0. The number of hydrogen-bond acceptors (Lipinski definition) is 3. The minimum Gasteiger partial charge on any atom is -0.461 e. The molecule has 100 valence electrons. The summed E-state index contributed by atoms with van der Waals surface area (Å²) in [6.45, 7) is 0.297. The number of hydrogen-bond donors (Lipinski definition) is 2. The highest BCUT2D eigenvalue weighted by atomic mass is 35.5. The minimum absolute atomic E-state index is 0.297. The van der Waals surface area contributed by atoms with E-state index < -0.39 is 5.97 Å². The van der Waals surface area contributed by atoms with Gasteiger partial charge in [0, 0.05) is 16.6 Å². The molecule has 0 bridgehead atoms. The van der Waals surface area contributed by atoms with Crippen LogP contribution in [0, 0.1) is 5.41 Å². The Morgan fingerprint density at radius 1 is 1.32 bits per heavy atom. The number of carbonyl (C=O) groups is 1. The number of aromatic nitrogens is 1. The van der Waals surface area contributed by atoms with Gasteiger partial charge in [-0.3, -0.25) is 0 Å². The Morgan fingerprint density at radius 3 is 2.79 bits per heavy atom. The van der Waals surface area contributed by atoms with Crippen LogP contribution in [-0.4, -0.2) is 23.8 Å². The van der Waals surface area contributed by atoms with Crippen LogP contribution in [0.4, 0.5) is 0 Å². The molecule has 0 atom stereocenters. The maximum atomic E-state index is 10.7. The molecule has 0 saturated heterocycles. The van der Waals surface area contributed by atoms with Gasteiger partial charge in [0.2, 0.25) is 0 Å². The summed E-state index contributed by atoms with van der Waals surface area (Å²) in [7, 11) is 0. The molecule has 0 aliphatic heterocycles. The Hall–Kier alpha value is -1.52. The summed E-state index contributed by atoms with van der Waals surface area (Å²) in [4.78, 5) is 14.0. The first-order valence-electron chi connectivity index (χ1n) is 5.74. The van der Waals surface area contributed by atoms with Crippen molar-refractivity contribution < 1.29 is 9.53 Å². The summed E-state index contributed by atoms with van der Waals surface area (Å²) >= 11 is 11.9. The highest BCUT2D eigenvalue weighted by Crippen LogP contribution is 2.28. The third kappa shape index (κ3) is 3.49. The molecule has 0 saturated carbocycles. The summed E-state index contributed by atoms with van der Waals surface area (Å²) in [5.74, 6) is -0.616. The van der Waals surface area contributed by atoms with Gasteiger partial charge >= 0.3 is 5.97 Å². The minimum atomic E-state index is -0.616. The topological polar surface area (TPSA) is 65.9 Å². The number of aryl methyl sites for hydroxylation is 1. The maximum absolute atomic E-state index is 10.7. The second-order valence-electron chi connectivity index (χ2n) is 4.06. The number of rotatable bonds is 5. The molecule has 0 unspecified atom stereocenters. The summed E-state index contributed by atoms with van der Waals surface area (Å²) in [6, 6.07) is 5.60. The lowest BCUT2D eigenvalue weighted by molar-refractivity contribution is -0.135. The molecule has 0 radical (unpaired) electrons. The van der Waals surface area contributed by atoms with Crippen molar-refractivity contribution in [3.05, 3.63) is 33.9 Å². The molecule has 1 aromatic carbocycles. The van der Waals surface area contributed by atoms with Crippen molar-refractivity contribution in [2.75, 3.05) is 6.61 Å². The molecule has 4 nitrogen and oxygen atoms in total. The molecule has 2 N–H and O–H groups in total. The SMILES string of the molecule is N=CC(=O)OCCCc1cc2cc(Cl)c(Cl)cc2[nH]1. The summed E-state index contributed by atoms with van der Waals surface area (Å²) in [6.07, 6.45) is 2.09. The Labute approximate surface area is 120 Å². The van der Waals surface area contributed by atoms with Crippen molar-refractivity contribution in [1.29, 1.82) is 5.41 Å². The molecule has 0 aliphatic rings. The smallest absolute Gasteiger partial charge is 0.348 e. The van der Waals surface area contributed by atoms with Crippen molar-refractivity contribution in [3.63, 3.8) is 0 Å². The molecular formula is C13H12Cl2N2O2. The lowest BCUT2D eigenvalue weighted by Gasteiger charge is -1.99. The molecule has 0 spiro atoms. The van der Waals surface area contributed by atoms with E-state index in [0.29, 0.717) is 29.3 Å². The third-order valence-electron chi connectivity index (χ3n) is 2.67. The number of ether oxygens (including phenoxy) is 1. The highest BCUT2D eigenvalue weighted by molar-refractivity contribution is 6.42. The predicted octanol–water partition coefficient (Wildman–Crippen LogP) is 3.60. The van der Waals surface area contributed by atoms with Gasteiger partial charge in [-0.25, -0.2) is 4.79 Å². The first kappa shape index (κ1) is 13.9. The molecule has 1 aromatic heterocycles. The highest BCUT2D eigenvalue weighted by Gasteiger charge is 2.05. The van der Waals surface area contributed by atoms with Crippen LogP contribution < -0.4 is 0 Å². The lowest BCUT2D eigenvalue weighted by Crippen LogP contribution is -2.06. The largest absolute Gasteiger partial charge is 0.461 e. The van der Waals surface area contributed by atoms with Gasteiger partial charge in [-0.1, -0.05) is 23.2 Å². The van der Waals surface area contributed by atoms with Crippen LogP contribution in [-0.2, 0) is 16.0 Å². The van der Waals surface area contributed by atoms with Crippen molar-refractivity contribution >= 4 is 46.3 Å². The number of nitrogens with one attached hydrogen (secondary N) is 2. The standard InChI is InChI=1S/C13H12Cl2N2O2/c14-10-5-8-4-9(17-12(8)6-11(10)15)2-1-3-19-13(18)7-16/h4-7,16-17H,1-3H2. The van der Waals surface area contributed by atoms with E-state index in [2.05, 4.69) is 4.98 Å². The third-order valence-corrected chi connectivity index (χ3v) is 3.39. The van der Waals surface area contributed by atoms with Crippen molar-refractivity contribution in [2.45, 2.75) is 12.8 Å². The second kappa shape index (κ2) is 6.08. The molecule has 6 heteroatoms. The average Bonchev–Trinajstić information content (AvgIpc) is 2.76. The molecule has 1 heterocycles. The average molecular weight is 299 g/mol. The van der Waals surface area contributed by atoms with Crippen LogP contribution in [0.1, 0.15) is 12.1 Å². The number of fused-ring (bicyclic) bond motifs is 1. The second-order valence-corrected chi connectivity index (χ2v) is 4.88. The molecular weight excluding hydrogens is 287 g/mol. The number of H-pyrrole nitrogens is 1. The van der Waals surface area contributed by atoms with Gasteiger partial charge in [-0.2, -0.15) is 0 Å². The molecule has 19 heavy (non-hydrogen) atoms. The molecule has 2 rings (SSSR count). The Bertz CT molecular complexity index is 583.